The summed E-state index contributed by atoms with van der Waals surface area (Å²) in [6.45, 7) is 0.121. The molecular weight excluding hydrogens is 386 g/mol. The quantitative estimate of drug-likeness (QED) is 0.753. The van der Waals surface area contributed by atoms with E-state index in [1.165, 1.54) is 48.5 Å². The Kier molecular flexibility index (Phi) is 6.20. The van der Waals surface area contributed by atoms with Crippen LogP contribution in [0.1, 0.15) is 11.1 Å². The van der Waals surface area contributed by atoms with Crippen LogP contribution < -0.4 is 5.32 Å². The van der Waals surface area contributed by atoms with E-state index in [0.717, 1.165) is 16.7 Å². The summed E-state index contributed by atoms with van der Waals surface area (Å²) in [7, 11) is 0. The van der Waals surface area contributed by atoms with Gasteiger partial charge in [0.05, 0.1) is 11.3 Å². The van der Waals surface area contributed by atoms with Crippen LogP contribution in [0.3, 0.4) is 0 Å². The molecule has 0 unspecified atom stereocenters. The molecule has 8 heteroatoms. The number of nitrogens with zero attached hydrogens (tertiary/aromatic N) is 1. The first kappa shape index (κ1) is 19.8. The minimum Gasteiger partial charge on any atom is -0.354 e. The molecule has 0 atom stereocenters. The summed E-state index contributed by atoms with van der Waals surface area (Å²) in [5.41, 5.74) is 1.14. The highest BCUT2D eigenvalue weighted by Gasteiger charge is 2.34. The molecular formula is C20H16F2N2O3S. The first-order chi connectivity index (χ1) is 13.4. The number of hydrogen-bond donors (Lipinski definition) is 1. The fourth-order valence-electron chi connectivity index (χ4n) is 2.61. The number of carbonyl (C=O) groups excluding carboxylic acids is 3. The van der Waals surface area contributed by atoms with Crippen LogP contribution in [0.2, 0.25) is 0 Å². The highest BCUT2D eigenvalue weighted by Crippen LogP contribution is 2.31. The Bertz CT molecular complexity index is 945. The zero-order valence-corrected chi connectivity index (χ0v) is 15.5. The lowest BCUT2D eigenvalue weighted by Crippen LogP contribution is -2.37. The van der Waals surface area contributed by atoms with Gasteiger partial charge in [-0.1, -0.05) is 24.3 Å². The van der Waals surface area contributed by atoms with Crippen molar-refractivity contribution in [3.05, 3.63) is 76.2 Å². The molecule has 5 nitrogen and oxygen atoms in total. The number of rotatable bonds is 6. The normalized spacial score (nSPS) is 15.4. The van der Waals surface area contributed by atoms with E-state index in [4.69, 9.17) is 0 Å². The predicted octanol–water partition coefficient (Wildman–Crippen LogP) is 3.36. The van der Waals surface area contributed by atoms with Crippen LogP contribution in [0, 0.1) is 11.6 Å². The Balaban J connectivity index is 1.53. The lowest BCUT2D eigenvalue weighted by Gasteiger charge is -2.13. The van der Waals surface area contributed by atoms with Crippen molar-refractivity contribution >= 4 is 34.9 Å². The van der Waals surface area contributed by atoms with Gasteiger partial charge in [0, 0.05) is 13.1 Å². The van der Waals surface area contributed by atoms with Crippen LogP contribution in [0.15, 0.2) is 53.4 Å². The van der Waals surface area contributed by atoms with Crippen LogP contribution in [0.25, 0.3) is 6.08 Å². The Labute approximate surface area is 164 Å². The predicted molar refractivity (Wildman–Crippen MR) is 102 cm³/mol. The maximum atomic E-state index is 13.1. The van der Waals surface area contributed by atoms with E-state index in [1.54, 1.807) is 6.07 Å². The first-order valence-electron chi connectivity index (χ1n) is 8.44. The van der Waals surface area contributed by atoms with Gasteiger partial charge in [0.1, 0.15) is 11.6 Å². The van der Waals surface area contributed by atoms with E-state index < -0.39 is 17.0 Å². The largest absolute Gasteiger partial charge is 0.354 e. The van der Waals surface area contributed by atoms with Crippen LogP contribution in [-0.2, 0) is 16.0 Å². The van der Waals surface area contributed by atoms with Gasteiger partial charge in [0.15, 0.2) is 0 Å². The summed E-state index contributed by atoms with van der Waals surface area (Å²) in [5, 5.41) is 2.18. The summed E-state index contributed by atoms with van der Waals surface area (Å²) >= 11 is 0.794. The average Bonchev–Trinajstić information content (AvgIpc) is 2.91. The smallest absolute Gasteiger partial charge is 0.293 e. The highest BCUT2D eigenvalue weighted by atomic mass is 32.2. The molecule has 2 aromatic rings. The van der Waals surface area contributed by atoms with Gasteiger partial charge in [-0.05, 0) is 53.2 Å². The standard InChI is InChI=1S/C20H16F2N2O3S/c21-15-6-4-13(5-7-15)11-17-19(26)24(20(27)28-17)9-8-23-18(25)12-14-2-1-3-16(22)10-14/h1-7,10-11H,8-9,12H2,(H,23,25)/b17-11-. The Morgan fingerprint density at radius 2 is 1.82 bits per heavy atom. The van der Waals surface area contributed by atoms with E-state index in [2.05, 4.69) is 5.32 Å². The van der Waals surface area contributed by atoms with E-state index >= 15 is 0 Å². The minimum atomic E-state index is -0.460. The molecule has 3 rings (SSSR count). The topological polar surface area (TPSA) is 66.5 Å². The van der Waals surface area contributed by atoms with E-state index in [1.807, 2.05) is 0 Å². The van der Waals surface area contributed by atoms with Gasteiger partial charge in [-0.25, -0.2) is 8.78 Å². The SMILES string of the molecule is O=C(Cc1cccc(F)c1)NCCN1C(=O)S/C(=C\c2ccc(F)cc2)C1=O. The third-order valence-electron chi connectivity index (χ3n) is 3.95. The molecule has 1 heterocycles. The van der Waals surface area contributed by atoms with Gasteiger partial charge in [0.2, 0.25) is 5.91 Å². The van der Waals surface area contributed by atoms with Crippen molar-refractivity contribution in [3.63, 3.8) is 0 Å². The van der Waals surface area contributed by atoms with Crippen molar-refractivity contribution in [2.75, 3.05) is 13.1 Å². The number of benzene rings is 2. The zero-order valence-electron chi connectivity index (χ0n) is 14.7. The fraction of sp³-hybridized carbons (Fsp3) is 0.150. The fourth-order valence-corrected chi connectivity index (χ4v) is 3.47. The van der Waals surface area contributed by atoms with Gasteiger partial charge in [-0.15, -0.1) is 0 Å². The maximum absolute atomic E-state index is 13.1. The number of amides is 3. The second-order valence-corrected chi connectivity index (χ2v) is 7.03. The molecule has 0 saturated carbocycles. The number of imide groups is 1. The Morgan fingerprint density at radius 1 is 1.07 bits per heavy atom. The van der Waals surface area contributed by atoms with Gasteiger partial charge < -0.3 is 5.32 Å². The van der Waals surface area contributed by atoms with Crippen molar-refractivity contribution in [3.8, 4) is 0 Å². The van der Waals surface area contributed by atoms with Gasteiger partial charge >= 0.3 is 0 Å². The molecule has 1 fully saturated rings. The molecule has 1 aliphatic heterocycles. The van der Waals surface area contributed by atoms with Gasteiger partial charge in [0.25, 0.3) is 11.1 Å². The second-order valence-electron chi connectivity index (χ2n) is 6.04. The molecule has 0 aromatic heterocycles. The molecule has 144 valence electrons. The van der Waals surface area contributed by atoms with Crippen LogP contribution >= 0.6 is 11.8 Å². The number of thioether (sulfide) groups is 1. The number of carbonyl (C=O) groups is 3. The monoisotopic (exact) mass is 402 g/mol. The van der Waals surface area contributed by atoms with Crippen LogP contribution in [0.4, 0.5) is 13.6 Å². The minimum absolute atomic E-state index is 0.00409. The highest BCUT2D eigenvalue weighted by molar-refractivity contribution is 8.18. The number of hydrogen-bond acceptors (Lipinski definition) is 4. The Hall–Kier alpha value is -3.00. The average molecular weight is 402 g/mol. The third-order valence-corrected chi connectivity index (χ3v) is 4.86. The molecule has 1 saturated heterocycles. The third kappa shape index (κ3) is 5.04. The van der Waals surface area contributed by atoms with Gasteiger partial charge in [-0.3, -0.25) is 19.3 Å². The number of halogens is 2. The van der Waals surface area contributed by atoms with Crippen molar-refractivity contribution < 1.29 is 23.2 Å². The van der Waals surface area contributed by atoms with E-state index in [-0.39, 0.29) is 36.1 Å². The lowest BCUT2D eigenvalue weighted by molar-refractivity contribution is -0.124. The molecule has 0 aliphatic carbocycles. The lowest BCUT2D eigenvalue weighted by atomic mass is 10.1. The molecule has 0 radical (unpaired) electrons. The second kappa shape index (κ2) is 8.79. The Morgan fingerprint density at radius 3 is 2.54 bits per heavy atom. The number of nitrogens with one attached hydrogen (secondary N) is 1. The van der Waals surface area contributed by atoms with Crippen molar-refractivity contribution in [2.24, 2.45) is 0 Å². The van der Waals surface area contributed by atoms with E-state index in [9.17, 15) is 23.2 Å². The summed E-state index contributed by atoms with van der Waals surface area (Å²) in [4.78, 5) is 37.6. The van der Waals surface area contributed by atoms with E-state index in [0.29, 0.717) is 11.1 Å². The van der Waals surface area contributed by atoms with Crippen LogP contribution in [-0.4, -0.2) is 35.0 Å². The molecule has 1 aliphatic rings. The molecule has 0 bridgehead atoms. The van der Waals surface area contributed by atoms with Crippen molar-refractivity contribution in [1.29, 1.82) is 0 Å². The van der Waals surface area contributed by atoms with Gasteiger partial charge in [-0.2, -0.15) is 0 Å². The maximum Gasteiger partial charge on any atom is 0.293 e. The summed E-state index contributed by atoms with van der Waals surface area (Å²) in [6, 6.07) is 11.3. The molecule has 2 aromatic carbocycles. The first-order valence-corrected chi connectivity index (χ1v) is 9.26. The zero-order chi connectivity index (χ0) is 20.1. The molecule has 0 spiro atoms. The molecule has 3 amide bonds. The molecule has 1 N–H and O–H groups in total. The van der Waals surface area contributed by atoms with Crippen molar-refractivity contribution in [2.45, 2.75) is 6.42 Å². The summed E-state index contributed by atoms with van der Waals surface area (Å²) < 4.78 is 26.1. The molecule has 28 heavy (non-hydrogen) atoms. The van der Waals surface area contributed by atoms with Crippen molar-refractivity contribution in [1.82, 2.24) is 10.2 Å². The summed E-state index contributed by atoms with van der Waals surface area (Å²) in [5.74, 6) is -1.60. The summed E-state index contributed by atoms with van der Waals surface area (Å²) in [6.07, 6.45) is 1.52. The van der Waals surface area contributed by atoms with Crippen LogP contribution in [0.5, 0.6) is 0 Å².